The van der Waals surface area contributed by atoms with Crippen molar-refractivity contribution in [1.82, 2.24) is 15.2 Å². The third-order valence-corrected chi connectivity index (χ3v) is 2.90. The van der Waals surface area contributed by atoms with Gasteiger partial charge in [0.05, 0.1) is 5.69 Å². The quantitative estimate of drug-likeness (QED) is 0.894. The summed E-state index contributed by atoms with van der Waals surface area (Å²) in [4.78, 5) is 16.0. The third-order valence-electron chi connectivity index (χ3n) is 2.90. The van der Waals surface area contributed by atoms with E-state index in [-0.39, 0.29) is 22.5 Å². The predicted molar refractivity (Wildman–Crippen MR) is 74.1 cm³/mol. The molecular weight excluding hydrogens is 278 g/mol. The van der Waals surface area contributed by atoms with E-state index in [0.29, 0.717) is 5.82 Å². The second-order valence-corrected chi connectivity index (χ2v) is 5.79. The van der Waals surface area contributed by atoms with Gasteiger partial charge in [-0.2, -0.15) is 0 Å². The fourth-order valence-electron chi connectivity index (χ4n) is 1.62. The first-order chi connectivity index (χ1) is 9.68. The van der Waals surface area contributed by atoms with Gasteiger partial charge in [-0.3, -0.25) is 9.89 Å². The molecule has 1 aromatic heterocycles. The second-order valence-electron chi connectivity index (χ2n) is 5.79. The summed E-state index contributed by atoms with van der Waals surface area (Å²) in [5, 5.41) is 8.70. The van der Waals surface area contributed by atoms with Crippen molar-refractivity contribution < 1.29 is 13.6 Å². The molecule has 0 aliphatic heterocycles. The lowest BCUT2D eigenvalue weighted by atomic mass is 9.96. The zero-order chi connectivity index (χ0) is 15.8. The fourth-order valence-corrected chi connectivity index (χ4v) is 1.62. The van der Waals surface area contributed by atoms with Crippen LogP contribution in [0, 0.1) is 18.6 Å². The lowest BCUT2D eigenvalue weighted by Crippen LogP contribution is -2.17. The molecule has 2 rings (SSSR count). The van der Waals surface area contributed by atoms with Gasteiger partial charge in [-0.25, -0.2) is 13.8 Å². The van der Waals surface area contributed by atoms with Crippen LogP contribution < -0.4 is 5.32 Å². The van der Waals surface area contributed by atoms with Gasteiger partial charge in [0, 0.05) is 11.5 Å². The molecule has 1 amide bonds. The minimum Gasteiger partial charge on any atom is -0.317 e. The van der Waals surface area contributed by atoms with Crippen LogP contribution in [0.2, 0.25) is 0 Å². The van der Waals surface area contributed by atoms with E-state index >= 15 is 0 Å². The number of aromatic amines is 1. The molecule has 0 fully saturated rings. The van der Waals surface area contributed by atoms with E-state index in [9.17, 15) is 13.6 Å². The number of nitrogens with zero attached hydrogens (tertiary/aromatic N) is 2. The van der Waals surface area contributed by atoms with Crippen LogP contribution in [0.25, 0.3) is 0 Å². The van der Waals surface area contributed by atoms with Crippen LogP contribution >= 0.6 is 0 Å². The van der Waals surface area contributed by atoms with E-state index in [1.165, 1.54) is 6.92 Å². The standard InChI is InChI=1S/C14H16F2N4O/c1-7-5-9(16)10(6-8(7)15)17-12(21)11-18-13(20-19-11)14(2,3)4/h5-6H,1-4H3,(H,17,21)(H,18,19,20). The Balaban J connectivity index is 2.22. The van der Waals surface area contributed by atoms with Crippen LogP contribution in [-0.2, 0) is 5.41 Å². The van der Waals surface area contributed by atoms with Crippen LogP contribution in [0.1, 0.15) is 42.8 Å². The number of rotatable bonds is 2. The number of carbonyl (C=O) groups excluding carboxylic acids is 1. The number of carbonyl (C=O) groups is 1. The van der Waals surface area contributed by atoms with Crippen molar-refractivity contribution in [2.24, 2.45) is 0 Å². The average molecular weight is 294 g/mol. The Morgan fingerprint density at radius 2 is 1.90 bits per heavy atom. The van der Waals surface area contributed by atoms with E-state index < -0.39 is 17.5 Å². The fraction of sp³-hybridized carbons (Fsp3) is 0.357. The molecule has 0 saturated carbocycles. The topological polar surface area (TPSA) is 70.7 Å². The minimum atomic E-state index is -0.714. The number of halogens is 2. The maximum Gasteiger partial charge on any atom is 0.295 e. The Morgan fingerprint density at radius 1 is 1.24 bits per heavy atom. The van der Waals surface area contributed by atoms with Crippen molar-refractivity contribution in [2.75, 3.05) is 5.32 Å². The highest BCUT2D eigenvalue weighted by atomic mass is 19.1. The Morgan fingerprint density at radius 3 is 2.48 bits per heavy atom. The summed E-state index contributed by atoms with van der Waals surface area (Å²) in [6, 6.07) is 1.95. The molecule has 1 aromatic carbocycles. The van der Waals surface area contributed by atoms with Gasteiger partial charge in [0.15, 0.2) is 0 Å². The lowest BCUT2D eigenvalue weighted by molar-refractivity contribution is 0.101. The van der Waals surface area contributed by atoms with Gasteiger partial charge in [0.1, 0.15) is 17.5 Å². The SMILES string of the molecule is Cc1cc(F)c(NC(=O)c2n[nH]c(C(C)(C)C)n2)cc1F. The molecule has 0 spiro atoms. The van der Waals surface area contributed by atoms with E-state index in [1.54, 1.807) is 0 Å². The molecule has 5 nitrogen and oxygen atoms in total. The van der Waals surface area contributed by atoms with Gasteiger partial charge in [-0.15, -0.1) is 5.10 Å². The number of hydrogen-bond acceptors (Lipinski definition) is 3. The first-order valence-corrected chi connectivity index (χ1v) is 6.38. The molecule has 0 bridgehead atoms. The third kappa shape index (κ3) is 3.24. The molecule has 0 radical (unpaired) electrons. The number of aryl methyl sites for hydroxylation is 1. The maximum absolute atomic E-state index is 13.7. The molecule has 2 N–H and O–H groups in total. The van der Waals surface area contributed by atoms with Crippen molar-refractivity contribution in [3.63, 3.8) is 0 Å². The van der Waals surface area contributed by atoms with Crippen LogP contribution in [-0.4, -0.2) is 21.1 Å². The molecule has 0 unspecified atom stereocenters. The molecule has 21 heavy (non-hydrogen) atoms. The minimum absolute atomic E-state index is 0.125. The number of anilines is 1. The number of benzene rings is 1. The van der Waals surface area contributed by atoms with Crippen molar-refractivity contribution in [3.05, 3.63) is 41.0 Å². The molecular formula is C14H16F2N4O. The van der Waals surface area contributed by atoms with Crippen molar-refractivity contribution in [1.29, 1.82) is 0 Å². The van der Waals surface area contributed by atoms with Gasteiger partial charge in [-0.1, -0.05) is 20.8 Å². The number of aromatic nitrogens is 3. The van der Waals surface area contributed by atoms with E-state index in [0.717, 1.165) is 12.1 Å². The molecule has 112 valence electrons. The van der Waals surface area contributed by atoms with Crippen molar-refractivity contribution in [2.45, 2.75) is 33.1 Å². The Bertz CT molecular complexity index is 689. The first kappa shape index (κ1) is 15.1. The highest BCUT2D eigenvalue weighted by Gasteiger charge is 2.22. The summed E-state index contributed by atoms with van der Waals surface area (Å²) in [6.45, 7) is 7.16. The molecule has 0 atom stereocenters. The summed E-state index contributed by atoms with van der Waals surface area (Å²) in [6.07, 6.45) is 0. The number of hydrogen-bond donors (Lipinski definition) is 2. The molecule has 1 heterocycles. The van der Waals surface area contributed by atoms with Crippen LogP contribution in [0.5, 0.6) is 0 Å². The van der Waals surface area contributed by atoms with Gasteiger partial charge in [-0.05, 0) is 18.6 Å². The van der Waals surface area contributed by atoms with Crippen LogP contribution in [0.4, 0.5) is 14.5 Å². The number of nitrogens with one attached hydrogen (secondary N) is 2. The van der Waals surface area contributed by atoms with Crippen molar-refractivity contribution in [3.8, 4) is 0 Å². The summed E-state index contributed by atoms with van der Waals surface area (Å²) in [5.74, 6) is -1.61. The molecule has 0 aliphatic rings. The van der Waals surface area contributed by atoms with Crippen LogP contribution in [0.3, 0.4) is 0 Å². The Labute approximate surface area is 120 Å². The van der Waals surface area contributed by atoms with E-state index in [4.69, 9.17) is 0 Å². The Hall–Kier alpha value is -2.31. The van der Waals surface area contributed by atoms with Gasteiger partial charge in [0.2, 0.25) is 5.82 Å². The highest BCUT2D eigenvalue weighted by molar-refractivity contribution is 6.01. The molecule has 0 saturated heterocycles. The molecule has 2 aromatic rings. The second kappa shape index (κ2) is 5.23. The van der Waals surface area contributed by atoms with Gasteiger partial charge < -0.3 is 5.32 Å². The summed E-state index contributed by atoms with van der Waals surface area (Å²) < 4.78 is 27.1. The van der Waals surface area contributed by atoms with E-state index in [2.05, 4.69) is 20.5 Å². The first-order valence-electron chi connectivity index (χ1n) is 6.38. The summed E-state index contributed by atoms with van der Waals surface area (Å²) in [7, 11) is 0. The zero-order valence-corrected chi connectivity index (χ0v) is 12.2. The van der Waals surface area contributed by atoms with Crippen LogP contribution in [0.15, 0.2) is 12.1 Å². The predicted octanol–water partition coefficient (Wildman–Crippen LogP) is 2.94. The van der Waals surface area contributed by atoms with Gasteiger partial charge >= 0.3 is 0 Å². The number of H-pyrrole nitrogens is 1. The van der Waals surface area contributed by atoms with E-state index in [1.807, 2.05) is 20.8 Å². The largest absolute Gasteiger partial charge is 0.317 e. The number of amides is 1. The summed E-state index contributed by atoms with van der Waals surface area (Å²) >= 11 is 0. The Kier molecular flexibility index (Phi) is 3.76. The smallest absolute Gasteiger partial charge is 0.295 e. The normalized spacial score (nSPS) is 11.5. The maximum atomic E-state index is 13.7. The summed E-state index contributed by atoms with van der Waals surface area (Å²) in [5.41, 5.74) is -0.379. The average Bonchev–Trinajstić information content (AvgIpc) is 2.85. The highest BCUT2D eigenvalue weighted by Crippen LogP contribution is 2.20. The van der Waals surface area contributed by atoms with Crippen molar-refractivity contribution >= 4 is 11.6 Å². The molecule has 7 heteroatoms. The molecule has 0 aliphatic carbocycles. The van der Waals surface area contributed by atoms with Gasteiger partial charge in [0.25, 0.3) is 5.91 Å². The monoisotopic (exact) mass is 294 g/mol. The lowest BCUT2D eigenvalue weighted by Gasteiger charge is -2.12. The zero-order valence-electron chi connectivity index (χ0n) is 12.2.